The van der Waals surface area contributed by atoms with Crippen LogP contribution in [-0.4, -0.2) is 0 Å². The van der Waals surface area contributed by atoms with Crippen molar-refractivity contribution in [2.24, 2.45) is 0 Å². The molecule has 0 amide bonds. The molecular weight excluding hydrogens is 338 g/mol. The zero-order valence-corrected chi connectivity index (χ0v) is 15.6. The maximum atomic E-state index is 3.45. The Hall–Kier alpha value is -3.58. The van der Waals surface area contributed by atoms with Crippen LogP contribution >= 0.6 is 0 Å². The van der Waals surface area contributed by atoms with E-state index < -0.39 is 0 Å². The third-order valence-electron chi connectivity index (χ3n) is 5.28. The fourth-order valence-corrected chi connectivity index (χ4v) is 3.90. The maximum absolute atomic E-state index is 3.45. The number of anilines is 2. The predicted molar refractivity (Wildman–Crippen MR) is 119 cm³/mol. The van der Waals surface area contributed by atoms with Gasteiger partial charge in [-0.25, -0.2) is 0 Å². The third-order valence-corrected chi connectivity index (χ3v) is 5.28. The zero-order chi connectivity index (χ0) is 18.8. The Morgan fingerprint density at radius 1 is 0.536 bits per heavy atom. The highest BCUT2D eigenvalue weighted by molar-refractivity contribution is 5.95. The molecule has 0 bridgehead atoms. The van der Waals surface area contributed by atoms with Gasteiger partial charge in [0.1, 0.15) is 0 Å². The van der Waals surface area contributed by atoms with Gasteiger partial charge < -0.3 is 5.32 Å². The Kier molecular flexibility index (Phi) is 4.27. The van der Waals surface area contributed by atoms with Crippen molar-refractivity contribution in [2.45, 2.75) is 6.42 Å². The lowest BCUT2D eigenvalue weighted by atomic mass is 9.81. The van der Waals surface area contributed by atoms with Crippen molar-refractivity contribution < 1.29 is 0 Å². The molecule has 0 fully saturated rings. The van der Waals surface area contributed by atoms with Crippen LogP contribution < -0.4 is 5.32 Å². The van der Waals surface area contributed by atoms with Crippen molar-refractivity contribution >= 4 is 23.0 Å². The molecule has 0 aliphatic heterocycles. The van der Waals surface area contributed by atoms with Crippen molar-refractivity contribution in [3.8, 4) is 0 Å². The fourth-order valence-electron chi connectivity index (χ4n) is 3.90. The molecule has 0 saturated heterocycles. The molecule has 0 atom stereocenters. The van der Waals surface area contributed by atoms with Gasteiger partial charge in [0.15, 0.2) is 0 Å². The number of hydrogen-bond acceptors (Lipinski definition) is 1. The summed E-state index contributed by atoms with van der Waals surface area (Å²) < 4.78 is 0. The van der Waals surface area contributed by atoms with Crippen molar-refractivity contribution in [1.29, 1.82) is 0 Å². The molecule has 0 aromatic heterocycles. The Balaban J connectivity index is 1.51. The van der Waals surface area contributed by atoms with Gasteiger partial charge in [-0.15, -0.1) is 0 Å². The van der Waals surface area contributed by atoms with E-state index in [9.17, 15) is 0 Å². The number of para-hydroxylation sites is 1. The number of hydrogen-bond donors (Lipinski definition) is 1. The molecule has 0 heterocycles. The van der Waals surface area contributed by atoms with Gasteiger partial charge in [-0.3, -0.25) is 0 Å². The SMILES string of the molecule is C(=C1c2ccccc2Cc2ccccc21)c1ccc(Nc2ccccc2)cc1. The molecule has 134 valence electrons. The fraction of sp³-hybridized carbons (Fsp3) is 0.0370. The second-order valence-corrected chi connectivity index (χ2v) is 7.16. The second-order valence-electron chi connectivity index (χ2n) is 7.16. The van der Waals surface area contributed by atoms with Crippen LogP contribution in [0.5, 0.6) is 0 Å². The molecule has 0 saturated carbocycles. The minimum Gasteiger partial charge on any atom is -0.356 e. The molecule has 28 heavy (non-hydrogen) atoms. The Labute approximate surface area is 166 Å². The van der Waals surface area contributed by atoms with E-state index in [0.717, 1.165) is 17.8 Å². The smallest absolute Gasteiger partial charge is 0.0384 e. The number of fused-ring (bicyclic) bond motifs is 2. The molecule has 1 aliphatic rings. The summed E-state index contributed by atoms with van der Waals surface area (Å²) in [6.45, 7) is 0. The van der Waals surface area contributed by atoms with Crippen LogP contribution in [0.25, 0.3) is 11.6 Å². The molecule has 0 radical (unpaired) electrons. The molecule has 1 N–H and O–H groups in total. The average Bonchev–Trinajstić information content (AvgIpc) is 2.75. The first-order chi connectivity index (χ1) is 13.9. The summed E-state index contributed by atoms with van der Waals surface area (Å²) in [6, 6.07) is 36.4. The second kappa shape index (κ2) is 7.21. The van der Waals surface area contributed by atoms with E-state index in [4.69, 9.17) is 0 Å². The summed E-state index contributed by atoms with van der Waals surface area (Å²) in [5, 5.41) is 3.45. The van der Waals surface area contributed by atoms with Gasteiger partial charge in [0, 0.05) is 11.4 Å². The summed E-state index contributed by atoms with van der Waals surface area (Å²) in [5.41, 5.74) is 10.2. The van der Waals surface area contributed by atoms with Gasteiger partial charge in [0.2, 0.25) is 0 Å². The predicted octanol–water partition coefficient (Wildman–Crippen LogP) is 6.92. The highest BCUT2D eigenvalue weighted by atomic mass is 14.9. The van der Waals surface area contributed by atoms with Gasteiger partial charge in [-0.2, -0.15) is 0 Å². The molecular formula is C27H21N. The summed E-state index contributed by atoms with van der Waals surface area (Å²) in [6.07, 6.45) is 3.31. The van der Waals surface area contributed by atoms with Crippen LogP contribution in [0.4, 0.5) is 11.4 Å². The quantitative estimate of drug-likeness (QED) is 0.368. The maximum Gasteiger partial charge on any atom is 0.0384 e. The molecule has 5 rings (SSSR count). The van der Waals surface area contributed by atoms with Crippen LogP contribution in [-0.2, 0) is 6.42 Å². The number of rotatable bonds is 3. The van der Waals surface area contributed by atoms with Gasteiger partial charge in [-0.05, 0) is 70.2 Å². The first kappa shape index (κ1) is 16.6. The van der Waals surface area contributed by atoms with Crippen molar-refractivity contribution in [3.63, 3.8) is 0 Å². The molecule has 0 spiro atoms. The van der Waals surface area contributed by atoms with Crippen LogP contribution in [0.15, 0.2) is 103 Å². The van der Waals surface area contributed by atoms with Crippen LogP contribution in [0.2, 0.25) is 0 Å². The standard InChI is InChI=1S/C27H21N/c1-2-10-23(11-3-1)28-24-16-14-20(15-17-24)18-27-25-12-6-4-8-21(25)19-22-9-5-7-13-26(22)27/h1-18,28H,19H2. The Morgan fingerprint density at radius 2 is 1.07 bits per heavy atom. The van der Waals surface area contributed by atoms with Crippen molar-refractivity contribution in [3.05, 3.63) is 131 Å². The van der Waals surface area contributed by atoms with Crippen LogP contribution in [0.3, 0.4) is 0 Å². The van der Waals surface area contributed by atoms with Gasteiger partial charge >= 0.3 is 0 Å². The van der Waals surface area contributed by atoms with E-state index in [2.05, 4.69) is 96.3 Å². The first-order valence-corrected chi connectivity index (χ1v) is 9.67. The lowest BCUT2D eigenvalue weighted by Crippen LogP contribution is -2.06. The highest BCUT2D eigenvalue weighted by Gasteiger charge is 2.19. The first-order valence-electron chi connectivity index (χ1n) is 9.67. The molecule has 1 aliphatic carbocycles. The molecule has 4 aromatic rings. The van der Waals surface area contributed by atoms with E-state index >= 15 is 0 Å². The Morgan fingerprint density at radius 3 is 1.71 bits per heavy atom. The largest absolute Gasteiger partial charge is 0.356 e. The zero-order valence-electron chi connectivity index (χ0n) is 15.6. The lowest BCUT2D eigenvalue weighted by Gasteiger charge is -2.22. The van der Waals surface area contributed by atoms with E-state index in [1.54, 1.807) is 0 Å². The molecule has 1 heteroatoms. The van der Waals surface area contributed by atoms with E-state index in [0.29, 0.717) is 0 Å². The normalized spacial score (nSPS) is 12.1. The van der Waals surface area contributed by atoms with E-state index in [1.165, 1.54) is 33.4 Å². The third kappa shape index (κ3) is 3.23. The van der Waals surface area contributed by atoms with Gasteiger partial charge in [0.25, 0.3) is 0 Å². The summed E-state index contributed by atoms with van der Waals surface area (Å²) >= 11 is 0. The number of benzene rings is 4. The highest BCUT2D eigenvalue weighted by Crippen LogP contribution is 2.37. The molecule has 0 unspecified atom stereocenters. The lowest BCUT2D eigenvalue weighted by molar-refractivity contribution is 1.14. The molecule has 1 nitrogen and oxygen atoms in total. The minimum absolute atomic E-state index is 1.00. The van der Waals surface area contributed by atoms with Gasteiger partial charge in [0.05, 0.1) is 0 Å². The van der Waals surface area contributed by atoms with Crippen molar-refractivity contribution in [2.75, 3.05) is 5.32 Å². The summed E-state index contributed by atoms with van der Waals surface area (Å²) in [4.78, 5) is 0. The number of nitrogens with one attached hydrogen (secondary N) is 1. The van der Waals surface area contributed by atoms with E-state index in [-0.39, 0.29) is 0 Å². The summed E-state index contributed by atoms with van der Waals surface area (Å²) in [5.74, 6) is 0. The topological polar surface area (TPSA) is 12.0 Å². The minimum atomic E-state index is 1.00. The average molecular weight is 359 g/mol. The monoisotopic (exact) mass is 359 g/mol. The van der Waals surface area contributed by atoms with Crippen LogP contribution in [0, 0.1) is 0 Å². The van der Waals surface area contributed by atoms with Crippen LogP contribution in [0.1, 0.15) is 27.8 Å². The van der Waals surface area contributed by atoms with E-state index in [1.807, 2.05) is 18.2 Å². The Bertz CT molecular complexity index is 1090. The van der Waals surface area contributed by atoms with Crippen molar-refractivity contribution in [1.82, 2.24) is 0 Å². The van der Waals surface area contributed by atoms with Gasteiger partial charge in [-0.1, -0.05) is 78.9 Å². The summed E-state index contributed by atoms with van der Waals surface area (Å²) in [7, 11) is 0. The molecule has 4 aromatic carbocycles.